The van der Waals surface area contributed by atoms with Crippen LogP contribution in [0.1, 0.15) is 32.9 Å². The van der Waals surface area contributed by atoms with E-state index in [1.807, 2.05) is 37.2 Å². The lowest BCUT2D eigenvalue weighted by Crippen LogP contribution is -2.40. The Kier molecular flexibility index (Phi) is 5.27. The fourth-order valence-corrected chi connectivity index (χ4v) is 2.68. The Hall–Kier alpha value is -1.78. The maximum absolute atomic E-state index is 4.78. The molecule has 1 aromatic heterocycles. The summed E-state index contributed by atoms with van der Waals surface area (Å²) < 4.78 is 0. The van der Waals surface area contributed by atoms with Crippen molar-refractivity contribution in [1.29, 1.82) is 0 Å². The van der Waals surface area contributed by atoms with E-state index in [1.54, 1.807) is 0 Å². The molecule has 1 saturated heterocycles. The van der Waals surface area contributed by atoms with Crippen molar-refractivity contribution in [2.24, 2.45) is 10.4 Å². The van der Waals surface area contributed by atoms with E-state index >= 15 is 0 Å². The van der Waals surface area contributed by atoms with Gasteiger partial charge in [0.2, 0.25) is 0 Å². The van der Waals surface area contributed by atoms with Gasteiger partial charge in [0.1, 0.15) is 5.82 Å². The quantitative estimate of drug-likeness (QED) is 0.685. The normalized spacial score (nSPS) is 17.7. The molecule has 0 aliphatic carbocycles. The minimum atomic E-state index is 0.374. The summed E-state index contributed by atoms with van der Waals surface area (Å²) in [7, 11) is 4.01. The number of anilines is 1. The van der Waals surface area contributed by atoms with Crippen LogP contribution in [-0.2, 0) is 6.54 Å². The first-order chi connectivity index (χ1) is 10.4. The summed E-state index contributed by atoms with van der Waals surface area (Å²) in [6, 6.07) is 6.09. The van der Waals surface area contributed by atoms with Crippen LogP contribution < -0.4 is 10.2 Å². The van der Waals surface area contributed by atoms with E-state index in [4.69, 9.17) is 4.99 Å². The van der Waals surface area contributed by atoms with Gasteiger partial charge in [-0.05, 0) is 30.9 Å². The Labute approximate surface area is 134 Å². The number of hydrogen-bond donors (Lipinski definition) is 1. The summed E-state index contributed by atoms with van der Waals surface area (Å²) in [5.74, 6) is 1.98. The monoisotopic (exact) mass is 303 g/mol. The van der Waals surface area contributed by atoms with Crippen LogP contribution in [0.4, 0.5) is 5.82 Å². The molecule has 1 fully saturated rings. The van der Waals surface area contributed by atoms with Gasteiger partial charge in [-0.15, -0.1) is 0 Å². The molecule has 1 aromatic rings. The summed E-state index contributed by atoms with van der Waals surface area (Å²) >= 11 is 0. The van der Waals surface area contributed by atoms with Crippen LogP contribution in [0.15, 0.2) is 23.2 Å². The molecule has 22 heavy (non-hydrogen) atoms. The van der Waals surface area contributed by atoms with Crippen LogP contribution in [0, 0.1) is 5.41 Å². The van der Waals surface area contributed by atoms with Gasteiger partial charge in [0.25, 0.3) is 0 Å². The van der Waals surface area contributed by atoms with E-state index < -0.39 is 0 Å². The summed E-state index contributed by atoms with van der Waals surface area (Å²) in [5, 5.41) is 3.41. The van der Waals surface area contributed by atoms with Gasteiger partial charge in [-0.3, -0.25) is 0 Å². The van der Waals surface area contributed by atoms with E-state index in [1.165, 1.54) is 6.42 Å². The number of nitrogens with one attached hydrogen (secondary N) is 1. The summed E-state index contributed by atoms with van der Waals surface area (Å²) in [4.78, 5) is 13.8. The van der Waals surface area contributed by atoms with E-state index in [2.05, 4.69) is 36.0 Å². The zero-order valence-electron chi connectivity index (χ0n) is 14.6. The minimum Gasteiger partial charge on any atom is -0.363 e. The van der Waals surface area contributed by atoms with Crippen LogP contribution >= 0.6 is 0 Å². The van der Waals surface area contributed by atoms with Gasteiger partial charge >= 0.3 is 0 Å². The molecule has 0 bridgehead atoms. The number of hydrogen-bond acceptors (Lipinski definition) is 3. The average Bonchev–Trinajstić information content (AvgIpc) is 2.84. The average molecular weight is 303 g/mol. The van der Waals surface area contributed by atoms with Crippen molar-refractivity contribution < 1.29 is 0 Å². The predicted octanol–water partition coefficient (Wildman–Crippen LogP) is 2.34. The van der Waals surface area contributed by atoms with Crippen LogP contribution in [0.5, 0.6) is 0 Å². The zero-order chi connectivity index (χ0) is 16.2. The molecular formula is C17H29N5. The third-order valence-corrected chi connectivity index (χ3v) is 3.95. The number of pyridine rings is 1. The maximum Gasteiger partial charge on any atom is 0.194 e. The molecule has 1 N–H and O–H groups in total. The van der Waals surface area contributed by atoms with E-state index in [-0.39, 0.29) is 0 Å². The largest absolute Gasteiger partial charge is 0.363 e. The molecule has 0 unspecified atom stereocenters. The topological polar surface area (TPSA) is 43.8 Å². The van der Waals surface area contributed by atoms with Crippen molar-refractivity contribution in [2.75, 3.05) is 38.6 Å². The molecule has 0 atom stereocenters. The minimum absolute atomic E-state index is 0.374. The molecule has 1 aliphatic heterocycles. The van der Waals surface area contributed by atoms with Gasteiger partial charge in [0.15, 0.2) is 5.96 Å². The lowest BCUT2D eigenvalue weighted by Gasteiger charge is -2.23. The molecule has 0 spiro atoms. The van der Waals surface area contributed by atoms with E-state index in [0.29, 0.717) is 12.0 Å². The van der Waals surface area contributed by atoms with Crippen molar-refractivity contribution in [3.05, 3.63) is 23.9 Å². The Morgan fingerprint density at radius 3 is 2.77 bits per heavy atom. The Morgan fingerprint density at radius 1 is 1.41 bits per heavy atom. The third kappa shape index (κ3) is 4.36. The van der Waals surface area contributed by atoms with Crippen LogP contribution in [0.25, 0.3) is 0 Å². The molecule has 5 nitrogen and oxygen atoms in total. The molecular weight excluding hydrogens is 274 g/mol. The highest BCUT2D eigenvalue weighted by atomic mass is 15.3. The molecule has 0 aromatic carbocycles. The Bertz CT molecular complexity index is 522. The second-order valence-corrected chi connectivity index (χ2v) is 6.89. The van der Waals surface area contributed by atoms with Gasteiger partial charge in [0, 0.05) is 33.7 Å². The summed E-state index contributed by atoms with van der Waals surface area (Å²) in [5.41, 5.74) is 1.37. The van der Waals surface area contributed by atoms with Crippen LogP contribution in [-0.4, -0.2) is 49.6 Å². The first-order valence-corrected chi connectivity index (χ1v) is 8.08. The highest BCUT2D eigenvalue weighted by Gasteiger charge is 2.30. The number of guanidine groups is 1. The molecule has 5 heteroatoms. The van der Waals surface area contributed by atoms with Gasteiger partial charge in [-0.1, -0.05) is 19.9 Å². The van der Waals surface area contributed by atoms with Crippen molar-refractivity contribution in [1.82, 2.24) is 15.2 Å². The summed E-state index contributed by atoms with van der Waals surface area (Å²) in [6.45, 7) is 10.4. The van der Waals surface area contributed by atoms with Crippen molar-refractivity contribution >= 4 is 11.8 Å². The maximum atomic E-state index is 4.78. The fraction of sp³-hybridized carbons (Fsp3) is 0.647. The molecule has 1 aliphatic rings. The standard InChI is InChI=1S/C17H29N5/c1-6-18-16(22-11-10-17(2,3)13-22)19-12-14-8-7-9-15(20-14)21(4)5/h7-9H,6,10-13H2,1-5H3,(H,18,19). The fourth-order valence-electron chi connectivity index (χ4n) is 2.68. The number of rotatable bonds is 4. The first-order valence-electron chi connectivity index (χ1n) is 8.08. The lowest BCUT2D eigenvalue weighted by atomic mass is 9.93. The zero-order valence-corrected chi connectivity index (χ0v) is 14.6. The van der Waals surface area contributed by atoms with Gasteiger partial charge in [-0.25, -0.2) is 9.98 Å². The molecule has 2 rings (SSSR count). The van der Waals surface area contributed by atoms with E-state index in [9.17, 15) is 0 Å². The molecule has 0 saturated carbocycles. The van der Waals surface area contributed by atoms with Crippen molar-refractivity contribution in [2.45, 2.75) is 33.7 Å². The molecule has 2 heterocycles. The smallest absolute Gasteiger partial charge is 0.194 e. The number of aliphatic imine (C=N–C) groups is 1. The first kappa shape index (κ1) is 16.6. The Morgan fingerprint density at radius 2 is 2.18 bits per heavy atom. The second-order valence-electron chi connectivity index (χ2n) is 6.89. The van der Waals surface area contributed by atoms with Crippen LogP contribution in [0.2, 0.25) is 0 Å². The third-order valence-electron chi connectivity index (χ3n) is 3.95. The Balaban J connectivity index is 2.09. The highest BCUT2D eigenvalue weighted by Crippen LogP contribution is 2.28. The highest BCUT2D eigenvalue weighted by molar-refractivity contribution is 5.80. The van der Waals surface area contributed by atoms with Crippen molar-refractivity contribution in [3.8, 4) is 0 Å². The van der Waals surface area contributed by atoms with Crippen molar-refractivity contribution in [3.63, 3.8) is 0 Å². The van der Waals surface area contributed by atoms with Gasteiger partial charge in [0.05, 0.1) is 12.2 Å². The van der Waals surface area contributed by atoms with Gasteiger partial charge in [-0.2, -0.15) is 0 Å². The number of likely N-dealkylation sites (tertiary alicyclic amines) is 1. The SMILES string of the molecule is CCNC(=NCc1cccc(N(C)C)n1)N1CCC(C)(C)C1. The second kappa shape index (κ2) is 6.99. The van der Waals surface area contributed by atoms with E-state index in [0.717, 1.165) is 37.1 Å². The molecule has 0 radical (unpaired) electrons. The molecule has 122 valence electrons. The summed E-state index contributed by atoms with van der Waals surface area (Å²) in [6.07, 6.45) is 1.21. The van der Waals surface area contributed by atoms with Gasteiger partial charge < -0.3 is 15.1 Å². The lowest BCUT2D eigenvalue weighted by molar-refractivity contribution is 0.370. The molecule has 0 amide bonds. The number of aromatic nitrogens is 1. The van der Waals surface area contributed by atoms with Crippen LogP contribution in [0.3, 0.4) is 0 Å². The number of nitrogens with zero attached hydrogens (tertiary/aromatic N) is 4. The predicted molar refractivity (Wildman–Crippen MR) is 93.4 cm³/mol.